The van der Waals surface area contributed by atoms with Crippen LogP contribution in [0.4, 0.5) is 5.69 Å². The van der Waals surface area contributed by atoms with Gasteiger partial charge in [0.15, 0.2) is 0 Å². The van der Waals surface area contributed by atoms with Gasteiger partial charge in [0, 0.05) is 12.1 Å². The number of halogens is 1. The molecule has 1 heterocycles. The SMILES string of the molecule is Cc1cccc(CC(Cl)c2ccc3c(c2)CCC(=O)N3)c1. The number of benzene rings is 2. The number of anilines is 1. The Hall–Kier alpha value is -1.80. The number of hydrogen-bond donors (Lipinski definition) is 1. The third-order valence-corrected chi connectivity index (χ3v) is 4.29. The average Bonchev–Trinajstić information content (AvgIpc) is 2.46. The van der Waals surface area contributed by atoms with Crippen LogP contribution in [0, 0.1) is 6.92 Å². The topological polar surface area (TPSA) is 29.1 Å². The van der Waals surface area contributed by atoms with E-state index in [2.05, 4.69) is 42.6 Å². The van der Waals surface area contributed by atoms with Crippen molar-refractivity contribution in [3.8, 4) is 0 Å². The number of amides is 1. The Morgan fingerprint density at radius 3 is 2.86 bits per heavy atom. The number of hydrogen-bond acceptors (Lipinski definition) is 1. The third kappa shape index (κ3) is 3.27. The summed E-state index contributed by atoms with van der Waals surface area (Å²) in [4.78, 5) is 11.4. The fraction of sp³-hybridized carbons (Fsp3) is 0.278. The van der Waals surface area contributed by atoms with E-state index in [0.717, 1.165) is 24.1 Å². The van der Waals surface area contributed by atoms with Crippen LogP contribution in [0.2, 0.25) is 0 Å². The monoisotopic (exact) mass is 299 g/mol. The minimum Gasteiger partial charge on any atom is -0.326 e. The highest BCUT2D eigenvalue weighted by Crippen LogP contribution is 2.30. The van der Waals surface area contributed by atoms with E-state index in [1.165, 1.54) is 16.7 Å². The fourth-order valence-electron chi connectivity index (χ4n) is 2.76. The molecule has 3 heteroatoms. The number of alkyl halides is 1. The zero-order chi connectivity index (χ0) is 14.8. The largest absolute Gasteiger partial charge is 0.326 e. The number of carbonyl (C=O) groups is 1. The van der Waals surface area contributed by atoms with Gasteiger partial charge >= 0.3 is 0 Å². The second kappa shape index (κ2) is 5.90. The summed E-state index contributed by atoms with van der Waals surface area (Å²) in [6.45, 7) is 2.09. The Labute approximate surface area is 130 Å². The van der Waals surface area contributed by atoms with Crippen LogP contribution in [0.25, 0.3) is 0 Å². The molecule has 1 aliphatic rings. The Balaban J connectivity index is 1.79. The van der Waals surface area contributed by atoms with Gasteiger partial charge in [-0.3, -0.25) is 4.79 Å². The van der Waals surface area contributed by atoms with Gasteiger partial charge in [-0.25, -0.2) is 0 Å². The lowest BCUT2D eigenvalue weighted by molar-refractivity contribution is -0.116. The quantitative estimate of drug-likeness (QED) is 0.836. The summed E-state index contributed by atoms with van der Waals surface area (Å²) in [5, 5.41) is 2.85. The summed E-state index contributed by atoms with van der Waals surface area (Å²) in [6.07, 6.45) is 2.17. The van der Waals surface area contributed by atoms with Crippen LogP contribution < -0.4 is 5.32 Å². The maximum absolute atomic E-state index is 11.4. The molecule has 1 amide bonds. The van der Waals surface area contributed by atoms with Crippen LogP contribution >= 0.6 is 11.6 Å². The van der Waals surface area contributed by atoms with Crippen LogP contribution in [0.1, 0.15) is 34.1 Å². The van der Waals surface area contributed by atoms with Gasteiger partial charge in [-0.05, 0) is 42.5 Å². The molecule has 0 bridgehead atoms. The molecule has 0 fully saturated rings. The number of aryl methyl sites for hydroxylation is 2. The summed E-state index contributed by atoms with van der Waals surface area (Å²) in [6, 6.07) is 14.5. The second-order valence-electron chi connectivity index (χ2n) is 5.63. The molecule has 2 aromatic carbocycles. The highest BCUT2D eigenvalue weighted by molar-refractivity contribution is 6.21. The number of nitrogens with one attached hydrogen (secondary N) is 1. The van der Waals surface area contributed by atoms with Gasteiger partial charge in [-0.1, -0.05) is 42.0 Å². The van der Waals surface area contributed by atoms with E-state index >= 15 is 0 Å². The van der Waals surface area contributed by atoms with Gasteiger partial charge in [-0.2, -0.15) is 0 Å². The lowest BCUT2D eigenvalue weighted by atomic mass is 9.96. The first-order valence-electron chi connectivity index (χ1n) is 7.24. The van der Waals surface area contributed by atoms with E-state index < -0.39 is 0 Å². The van der Waals surface area contributed by atoms with Crippen molar-refractivity contribution in [3.63, 3.8) is 0 Å². The minimum atomic E-state index is -0.0465. The van der Waals surface area contributed by atoms with Gasteiger partial charge in [0.2, 0.25) is 5.91 Å². The normalized spacial score (nSPS) is 15.2. The average molecular weight is 300 g/mol. The zero-order valence-corrected chi connectivity index (χ0v) is 12.8. The van der Waals surface area contributed by atoms with Crippen molar-refractivity contribution in [1.82, 2.24) is 0 Å². The van der Waals surface area contributed by atoms with Crippen LogP contribution in [-0.2, 0) is 17.6 Å². The summed E-state index contributed by atoms with van der Waals surface area (Å²) in [5.74, 6) is 0.0948. The van der Waals surface area contributed by atoms with Crippen LogP contribution in [0.15, 0.2) is 42.5 Å². The molecule has 0 spiro atoms. The molecule has 108 valence electrons. The Morgan fingerprint density at radius 1 is 1.19 bits per heavy atom. The van der Waals surface area contributed by atoms with Gasteiger partial charge in [0.25, 0.3) is 0 Å². The maximum atomic E-state index is 11.4. The molecule has 0 radical (unpaired) electrons. The lowest BCUT2D eigenvalue weighted by Crippen LogP contribution is -2.19. The molecule has 1 aliphatic heterocycles. The molecule has 0 aromatic heterocycles. The van der Waals surface area contributed by atoms with Crippen molar-refractivity contribution in [2.75, 3.05) is 5.32 Å². The van der Waals surface area contributed by atoms with Gasteiger partial charge in [0.1, 0.15) is 0 Å². The van der Waals surface area contributed by atoms with Crippen LogP contribution in [0.3, 0.4) is 0 Å². The van der Waals surface area contributed by atoms with Gasteiger partial charge in [0.05, 0.1) is 5.38 Å². The summed E-state index contributed by atoms with van der Waals surface area (Å²) < 4.78 is 0. The Morgan fingerprint density at radius 2 is 2.05 bits per heavy atom. The molecule has 3 rings (SSSR count). The van der Waals surface area contributed by atoms with E-state index in [0.29, 0.717) is 6.42 Å². The van der Waals surface area contributed by atoms with Crippen molar-refractivity contribution in [1.29, 1.82) is 0 Å². The minimum absolute atomic E-state index is 0.0465. The Kier molecular flexibility index (Phi) is 3.98. The third-order valence-electron chi connectivity index (χ3n) is 3.88. The summed E-state index contributed by atoms with van der Waals surface area (Å²) >= 11 is 6.58. The van der Waals surface area contributed by atoms with E-state index in [1.54, 1.807) is 0 Å². The molecule has 1 N–H and O–H groups in total. The van der Waals surface area contributed by atoms with E-state index in [-0.39, 0.29) is 11.3 Å². The number of rotatable bonds is 3. The second-order valence-corrected chi connectivity index (χ2v) is 6.15. The predicted molar refractivity (Wildman–Crippen MR) is 86.9 cm³/mol. The summed E-state index contributed by atoms with van der Waals surface area (Å²) in [7, 11) is 0. The van der Waals surface area contributed by atoms with E-state index in [9.17, 15) is 4.79 Å². The Bertz CT molecular complexity index is 681. The van der Waals surface area contributed by atoms with Crippen LogP contribution in [0.5, 0.6) is 0 Å². The van der Waals surface area contributed by atoms with Crippen molar-refractivity contribution >= 4 is 23.2 Å². The smallest absolute Gasteiger partial charge is 0.224 e. The molecule has 1 atom stereocenters. The van der Waals surface area contributed by atoms with Crippen molar-refractivity contribution in [2.45, 2.75) is 31.6 Å². The van der Waals surface area contributed by atoms with E-state index in [4.69, 9.17) is 11.6 Å². The number of carbonyl (C=O) groups excluding carboxylic acids is 1. The van der Waals surface area contributed by atoms with E-state index in [1.807, 2.05) is 12.1 Å². The fourth-order valence-corrected chi connectivity index (χ4v) is 3.08. The van der Waals surface area contributed by atoms with Crippen molar-refractivity contribution in [3.05, 3.63) is 64.7 Å². The molecule has 2 aromatic rings. The molecule has 0 saturated heterocycles. The molecule has 1 unspecified atom stereocenters. The van der Waals surface area contributed by atoms with Gasteiger partial charge < -0.3 is 5.32 Å². The highest BCUT2D eigenvalue weighted by Gasteiger charge is 2.17. The highest BCUT2D eigenvalue weighted by atomic mass is 35.5. The first-order chi connectivity index (χ1) is 10.1. The van der Waals surface area contributed by atoms with Gasteiger partial charge in [-0.15, -0.1) is 11.6 Å². The molecule has 0 saturated carbocycles. The maximum Gasteiger partial charge on any atom is 0.224 e. The number of fused-ring (bicyclic) bond motifs is 1. The van der Waals surface area contributed by atoms with Crippen molar-refractivity contribution in [2.24, 2.45) is 0 Å². The molecular weight excluding hydrogens is 282 g/mol. The molecule has 2 nitrogen and oxygen atoms in total. The zero-order valence-electron chi connectivity index (χ0n) is 12.0. The van der Waals surface area contributed by atoms with Crippen LogP contribution in [-0.4, -0.2) is 5.91 Å². The summed E-state index contributed by atoms with van der Waals surface area (Å²) in [5.41, 5.74) is 5.73. The van der Waals surface area contributed by atoms with Crippen molar-refractivity contribution < 1.29 is 4.79 Å². The molecule has 21 heavy (non-hydrogen) atoms. The lowest BCUT2D eigenvalue weighted by Gasteiger charge is -2.19. The predicted octanol–water partition coefficient (Wildman–Crippen LogP) is 4.40. The molecular formula is C18H18ClNO. The standard InChI is InChI=1S/C18H18ClNO/c1-12-3-2-4-13(9-12)10-16(19)14-5-7-17-15(11-14)6-8-18(21)20-17/h2-5,7,9,11,16H,6,8,10H2,1H3,(H,20,21). The first kappa shape index (κ1) is 14.2. The molecule has 0 aliphatic carbocycles. The first-order valence-corrected chi connectivity index (χ1v) is 7.68.